The molecule has 17 heavy (non-hydrogen) atoms. The molecule has 0 amide bonds. The smallest absolute Gasteiger partial charge is 0.137 e. The maximum absolute atomic E-state index is 13.3. The lowest BCUT2D eigenvalue weighted by molar-refractivity contribution is -0.0368. The Morgan fingerprint density at radius 1 is 1.41 bits per heavy atom. The maximum Gasteiger partial charge on any atom is 0.137 e. The van der Waals surface area contributed by atoms with Crippen LogP contribution in [0.2, 0.25) is 0 Å². The fourth-order valence-electron chi connectivity index (χ4n) is 1.92. The van der Waals surface area contributed by atoms with E-state index in [9.17, 15) is 9.50 Å². The summed E-state index contributed by atoms with van der Waals surface area (Å²) in [7, 11) is 1.58. The molecule has 1 aromatic carbocycles. The van der Waals surface area contributed by atoms with Crippen molar-refractivity contribution in [2.45, 2.75) is 32.5 Å². The summed E-state index contributed by atoms with van der Waals surface area (Å²) < 4.78 is 19.0. The summed E-state index contributed by atoms with van der Waals surface area (Å²) >= 11 is 3.19. The zero-order valence-electron chi connectivity index (χ0n) is 10.3. The zero-order chi connectivity index (χ0) is 13.0. The Morgan fingerprint density at radius 2 is 2.06 bits per heavy atom. The van der Waals surface area contributed by atoms with Crippen LogP contribution in [0.1, 0.15) is 19.4 Å². The van der Waals surface area contributed by atoms with Gasteiger partial charge in [-0.25, -0.2) is 4.39 Å². The summed E-state index contributed by atoms with van der Waals surface area (Å²) in [5, 5.41) is 10.1. The monoisotopic (exact) mass is 304 g/mol. The molecule has 0 aliphatic carbocycles. The first-order valence-corrected chi connectivity index (χ1v) is 6.40. The summed E-state index contributed by atoms with van der Waals surface area (Å²) in [5.41, 5.74) is 0.750. The van der Waals surface area contributed by atoms with Gasteiger partial charge in [0.2, 0.25) is 0 Å². The minimum atomic E-state index is -0.641. The molecule has 2 atom stereocenters. The highest BCUT2D eigenvalue weighted by Gasteiger charge is 2.23. The first-order chi connectivity index (χ1) is 7.97. The largest absolute Gasteiger partial charge is 0.390 e. The molecule has 96 valence electrons. The van der Waals surface area contributed by atoms with Gasteiger partial charge in [-0.3, -0.25) is 0 Å². The molecule has 0 spiro atoms. The van der Waals surface area contributed by atoms with Gasteiger partial charge in [-0.1, -0.05) is 26.0 Å². The summed E-state index contributed by atoms with van der Waals surface area (Å²) in [6, 6.07) is 4.82. The molecule has 0 heterocycles. The van der Waals surface area contributed by atoms with Crippen molar-refractivity contribution in [3.05, 3.63) is 34.1 Å². The molecule has 1 rings (SSSR count). The molecule has 0 saturated heterocycles. The van der Waals surface area contributed by atoms with Gasteiger partial charge in [0, 0.05) is 13.5 Å². The molecular formula is C13H18BrFO2. The normalized spacial score (nSPS) is 15.0. The Kier molecular flexibility index (Phi) is 5.56. The highest BCUT2D eigenvalue weighted by atomic mass is 79.9. The number of ether oxygens (including phenoxy) is 1. The molecule has 0 fully saturated rings. The van der Waals surface area contributed by atoms with Crippen LogP contribution in [-0.2, 0) is 11.2 Å². The Morgan fingerprint density at radius 3 is 2.59 bits per heavy atom. The van der Waals surface area contributed by atoms with Gasteiger partial charge in [-0.05, 0) is 33.5 Å². The van der Waals surface area contributed by atoms with Crippen molar-refractivity contribution in [2.24, 2.45) is 5.92 Å². The van der Waals surface area contributed by atoms with Crippen LogP contribution < -0.4 is 0 Å². The van der Waals surface area contributed by atoms with Crippen molar-refractivity contribution in [1.29, 1.82) is 0 Å². The molecule has 1 aromatic rings. The van der Waals surface area contributed by atoms with Crippen molar-refractivity contribution in [2.75, 3.05) is 7.11 Å². The first-order valence-electron chi connectivity index (χ1n) is 5.61. The van der Waals surface area contributed by atoms with Crippen LogP contribution in [0.15, 0.2) is 22.7 Å². The van der Waals surface area contributed by atoms with E-state index < -0.39 is 6.10 Å². The van der Waals surface area contributed by atoms with Crippen LogP contribution in [0.3, 0.4) is 0 Å². The van der Waals surface area contributed by atoms with Gasteiger partial charge >= 0.3 is 0 Å². The van der Waals surface area contributed by atoms with Gasteiger partial charge in [0.05, 0.1) is 16.7 Å². The number of aliphatic hydroxyl groups excluding tert-OH is 1. The summed E-state index contributed by atoms with van der Waals surface area (Å²) in [5.74, 6) is -0.101. The van der Waals surface area contributed by atoms with E-state index in [-0.39, 0.29) is 17.8 Å². The molecule has 0 aliphatic rings. The highest BCUT2D eigenvalue weighted by molar-refractivity contribution is 9.10. The molecule has 1 N–H and O–H groups in total. The summed E-state index contributed by atoms with van der Waals surface area (Å²) in [4.78, 5) is 0. The van der Waals surface area contributed by atoms with Crippen LogP contribution in [-0.4, -0.2) is 24.4 Å². The van der Waals surface area contributed by atoms with Crippen molar-refractivity contribution in [3.63, 3.8) is 0 Å². The molecular weight excluding hydrogens is 287 g/mol. The van der Waals surface area contributed by atoms with E-state index in [1.54, 1.807) is 19.2 Å². The van der Waals surface area contributed by atoms with Crippen molar-refractivity contribution < 1.29 is 14.2 Å². The molecule has 0 radical (unpaired) electrons. The van der Waals surface area contributed by atoms with Gasteiger partial charge < -0.3 is 9.84 Å². The van der Waals surface area contributed by atoms with E-state index >= 15 is 0 Å². The molecule has 0 aliphatic heterocycles. The average Bonchev–Trinajstić information content (AvgIpc) is 2.25. The number of aliphatic hydroxyl groups is 1. The predicted octanol–water partition coefficient (Wildman–Crippen LogP) is 3.16. The second-order valence-electron chi connectivity index (χ2n) is 4.43. The van der Waals surface area contributed by atoms with E-state index in [1.807, 2.05) is 13.8 Å². The first kappa shape index (κ1) is 14.6. The van der Waals surface area contributed by atoms with Crippen molar-refractivity contribution in [3.8, 4) is 0 Å². The molecule has 2 nitrogen and oxygen atoms in total. The van der Waals surface area contributed by atoms with E-state index in [4.69, 9.17) is 4.74 Å². The summed E-state index contributed by atoms with van der Waals surface area (Å²) in [6.07, 6.45) is -0.516. The zero-order valence-corrected chi connectivity index (χ0v) is 11.9. The Hall–Kier alpha value is -0.450. The van der Waals surface area contributed by atoms with Gasteiger partial charge in [0.15, 0.2) is 0 Å². The third-order valence-corrected chi connectivity index (χ3v) is 3.66. The van der Waals surface area contributed by atoms with Crippen LogP contribution in [0.5, 0.6) is 0 Å². The van der Waals surface area contributed by atoms with Crippen LogP contribution in [0.25, 0.3) is 0 Å². The third kappa shape index (κ3) is 3.76. The second-order valence-corrected chi connectivity index (χ2v) is 5.22. The van der Waals surface area contributed by atoms with Gasteiger partial charge in [0.25, 0.3) is 0 Å². The number of hydrogen-bond acceptors (Lipinski definition) is 2. The molecule has 0 saturated carbocycles. The second kappa shape index (κ2) is 6.47. The van der Waals surface area contributed by atoms with Crippen molar-refractivity contribution >= 4 is 15.9 Å². The fraction of sp³-hybridized carbons (Fsp3) is 0.538. The molecule has 0 bridgehead atoms. The third-order valence-electron chi connectivity index (χ3n) is 2.77. The van der Waals surface area contributed by atoms with Gasteiger partial charge in [0.1, 0.15) is 5.82 Å². The molecule has 0 aromatic heterocycles. The minimum absolute atomic E-state index is 0.210. The Balaban J connectivity index is 2.80. The number of halogens is 2. The molecule has 4 heteroatoms. The number of methoxy groups -OCH3 is 1. The maximum atomic E-state index is 13.3. The van der Waals surface area contributed by atoms with Crippen LogP contribution in [0.4, 0.5) is 4.39 Å². The highest BCUT2D eigenvalue weighted by Crippen LogP contribution is 2.23. The van der Waals surface area contributed by atoms with Crippen LogP contribution >= 0.6 is 15.9 Å². The topological polar surface area (TPSA) is 29.5 Å². The molecule has 2 unspecified atom stereocenters. The lowest BCUT2D eigenvalue weighted by Gasteiger charge is -2.25. The predicted molar refractivity (Wildman–Crippen MR) is 69.4 cm³/mol. The van der Waals surface area contributed by atoms with Crippen molar-refractivity contribution in [1.82, 2.24) is 0 Å². The quantitative estimate of drug-likeness (QED) is 0.905. The number of benzene rings is 1. The van der Waals surface area contributed by atoms with E-state index in [1.165, 1.54) is 6.07 Å². The van der Waals surface area contributed by atoms with Gasteiger partial charge in [-0.15, -0.1) is 0 Å². The minimum Gasteiger partial charge on any atom is -0.390 e. The SMILES string of the molecule is COC(C(C)C)C(O)Cc1cccc(F)c1Br. The standard InChI is InChI=1S/C13H18BrFO2/c1-8(2)13(17-3)11(16)7-9-5-4-6-10(15)12(9)14/h4-6,8,11,13,16H,7H2,1-3H3. The van der Waals surface area contributed by atoms with E-state index in [2.05, 4.69) is 15.9 Å². The van der Waals surface area contributed by atoms with Gasteiger partial charge in [-0.2, -0.15) is 0 Å². The lowest BCUT2D eigenvalue weighted by atomic mass is 9.96. The summed E-state index contributed by atoms with van der Waals surface area (Å²) in [6.45, 7) is 3.97. The fourth-order valence-corrected chi connectivity index (χ4v) is 2.35. The van der Waals surface area contributed by atoms with Crippen LogP contribution in [0, 0.1) is 11.7 Å². The number of rotatable bonds is 5. The number of hydrogen-bond donors (Lipinski definition) is 1. The lowest BCUT2D eigenvalue weighted by Crippen LogP contribution is -2.34. The van der Waals surface area contributed by atoms with E-state index in [0.717, 1.165) is 5.56 Å². The van der Waals surface area contributed by atoms with E-state index in [0.29, 0.717) is 10.9 Å². The Labute approximate surface area is 110 Å². The Bertz CT molecular complexity index is 368. The average molecular weight is 305 g/mol.